The van der Waals surface area contributed by atoms with Gasteiger partial charge in [0.05, 0.1) is 29.7 Å². The highest BCUT2D eigenvalue weighted by molar-refractivity contribution is 6.05. The standard InChI is InChI=1S/C24H25FN4O2/c1-2-7-21-19(15-26-29(21)16-17-8-4-3-5-9-17)24(31)27-18-11-12-22(20(25)14-18)28-13-6-10-23(28)30/h3-5,8-9,11-12,14-15H,2,6-7,10,13,16H2,1H3,(H,27,31). The molecule has 1 N–H and O–H groups in total. The fraction of sp³-hybridized carbons (Fsp3) is 0.292. The zero-order valence-corrected chi connectivity index (χ0v) is 17.5. The molecule has 0 saturated carbocycles. The molecular formula is C24H25FN4O2. The average Bonchev–Trinajstić information content (AvgIpc) is 3.36. The van der Waals surface area contributed by atoms with Crippen molar-refractivity contribution in [3.63, 3.8) is 0 Å². The highest BCUT2D eigenvalue weighted by atomic mass is 19.1. The van der Waals surface area contributed by atoms with Gasteiger partial charge in [-0.1, -0.05) is 43.7 Å². The number of nitrogens with one attached hydrogen (secondary N) is 1. The molecule has 4 rings (SSSR count). The Balaban J connectivity index is 1.53. The summed E-state index contributed by atoms with van der Waals surface area (Å²) in [5.41, 5.74) is 3.03. The van der Waals surface area contributed by atoms with Crippen molar-refractivity contribution in [2.45, 2.75) is 39.2 Å². The predicted octanol–water partition coefficient (Wildman–Crippen LogP) is 4.40. The highest BCUT2D eigenvalue weighted by Gasteiger charge is 2.24. The molecule has 160 valence electrons. The van der Waals surface area contributed by atoms with E-state index < -0.39 is 5.82 Å². The quantitative estimate of drug-likeness (QED) is 0.616. The summed E-state index contributed by atoms with van der Waals surface area (Å²) in [7, 11) is 0. The summed E-state index contributed by atoms with van der Waals surface area (Å²) in [6.45, 7) is 3.15. The van der Waals surface area contributed by atoms with Crippen LogP contribution in [0, 0.1) is 5.82 Å². The molecule has 1 fully saturated rings. The molecule has 2 aromatic carbocycles. The van der Waals surface area contributed by atoms with E-state index >= 15 is 0 Å². The molecule has 0 spiro atoms. The second kappa shape index (κ2) is 9.12. The van der Waals surface area contributed by atoms with Gasteiger partial charge in [0, 0.05) is 18.7 Å². The van der Waals surface area contributed by atoms with Crippen molar-refractivity contribution in [2.24, 2.45) is 0 Å². The fourth-order valence-corrected chi connectivity index (χ4v) is 3.90. The monoisotopic (exact) mass is 420 g/mol. The Hall–Kier alpha value is -3.48. The molecule has 1 aliphatic heterocycles. The van der Waals surface area contributed by atoms with Crippen LogP contribution in [0.15, 0.2) is 54.7 Å². The Morgan fingerprint density at radius 3 is 2.68 bits per heavy atom. The van der Waals surface area contributed by atoms with Gasteiger partial charge >= 0.3 is 0 Å². The highest BCUT2D eigenvalue weighted by Crippen LogP contribution is 2.27. The van der Waals surface area contributed by atoms with Gasteiger partial charge < -0.3 is 10.2 Å². The van der Waals surface area contributed by atoms with E-state index in [0.29, 0.717) is 37.2 Å². The molecule has 0 unspecified atom stereocenters. The lowest BCUT2D eigenvalue weighted by atomic mass is 10.1. The second-order valence-corrected chi connectivity index (χ2v) is 7.67. The lowest BCUT2D eigenvalue weighted by Gasteiger charge is -2.17. The maximum atomic E-state index is 14.6. The van der Waals surface area contributed by atoms with E-state index in [2.05, 4.69) is 17.3 Å². The van der Waals surface area contributed by atoms with Crippen molar-refractivity contribution in [3.05, 3.63) is 77.4 Å². The summed E-state index contributed by atoms with van der Waals surface area (Å²) in [5, 5.41) is 7.19. The van der Waals surface area contributed by atoms with Crippen molar-refractivity contribution < 1.29 is 14.0 Å². The smallest absolute Gasteiger partial charge is 0.259 e. The van der Waals surface area contributed by atoms with E-state index in [-0.39, 0.29) is 17.5 Å². The first-order valence-corrected chi connectivity index (χ1v) is 10.6. The van der Waals surface area contributed by atoms with Crippen LogP contribution in [0.4, 0.5) is 15.8 Å². The van der Waals surface area contributed by atoms with Crippen molar-refractivity contribution in [1.82, 2.24) is 9.78 Å². The van der Waals surface area contributed by atoms with Crippen LogP contribution in [0.2, 0.25) is 0 Å². The largest absolute Gasteiger partial charge is 0.322 e. The summed E-state index contributed by atoms with van der Waals surface area (Å²) in [6.07, 6.45) is 4.31. The van der Waals surface area contributed by atoms with Crippen molar-refractivity contribution in [2.75, 3.05) is 16.8 Å². The molecule has 2 amide bonds. The zero-order valence-electron chi connectivity index (χ0n) is 17.5. The van der Waals surface area contributed by atoms with E-state index in [9.17, 15) is 14.0 Å². The molecule has 31 heavy (non-hydrogen) atoms. The molecule has 6 nitrogen and oxygen atoms in total. The number of nitrogens with zero attached hydrogens (tertiary/aromatic N) is 3. The van der Waals surface area contributed by atoms with Gasteiger partial charge in [-0.2, -0.15) is 5.10 Å². The van der Waals surface area contributed by atoms with Gasteiger partial charge in [0.25, 0.3) is 5.91 Å². The van der Waals surface area contributed by atoms with E-state index in [1.807, 2.05) is 35.0 Å². The normalized spacial score (nSPS) is 13.6. The SMILES string of the molecule is CCCc1c(C(=O)Nc2ccc(N3CCCC3=O)c(F)c2)cnn1Cc1ccccc1. The molecule has 0 atom stereocenters. The van der Waals surface area contributed by atoms with Crippen LogP contribution < -0.4 is 10.2 Å². The summed E-state index contributed by atoms with van der Waals surface area (Å²) in [6, 6.07) is 14.4. The van der Waals surface area contributed by atoms with Crippen molar-refractivity contribution >= 4 is 23.2 Å². The number of aromatic nitrogens is 2. The van der Waals surface area contributed by atoms with E-state index in [0.717, 1.165) is 24.1 Å². The predicted molar refractivity (Wildman–Crippen MR) is 118 cm³/mol. The number of hydrogen-bond donors (Lipinski definition) is 1. The van der Waals surface area contributed by atoms with Crippen LogP contribution in [-0.2, 0) is 17.8 Å². The van der Waals surface area contributed by atoms with E-state index in [1.165, 1.54) is 11.0 Å². The Morgan fingerprint density at radius 2 is 2.00 bits per heavy atom. The Labute approximate surface area is 180 Å². The minimum Gasteiger partial charge on any atom is -0.322 e. The lowest BCUT2D eigenvalue weighted by Crippen LogP contribution is -2.24. The molecule has 0 radical (unpaired) electrons. The number of halogens is 1. The average molecular weight is 420 g/mol. The second-order valence-electron chi connectivity index (χ2n) is 7.67. The van der Waals surface area contributed by atoms with Gasteiger partial charge in [0.2, 0.25) is 5.91 Å². The Morgan fingerprint density at radius 1 is 1.19 bits per heavy atom. The third-order valence-corrected chi connectivity index (χ3v) is 5.43. The molecule has 0 aliphatic carbocycles. The summed E-state index contributed by atoms with van der Waals surface area (Å²) in [4.78, 5) is 26.3. The minimum atomic E-state index is -0.526. The van der Waals surface area contributed by atoms with Crippen LogP contribution in [0.25, 0.3) is 0 Å². The van der Waals surface area contributed by atoms with Crippen molar-refractivity contribution in [1.29, 1.82) is 0 Å². The first-order valence-electron chi connectivity index (χ1n) is 10.6. The molecule has 1 saturated heterocycles. The molecule has 1 aliphatic rings. The zero-order chi connectivity index (χ0) is 21.8. The molecular weight excluding hydrogens is 395 g/mol. The fourth-order valence-electron chi connectivity index (χ4n) is 3.90. The summed E-state index contributed by atoms with van der Waals surface area (Å²) < 4.78 is 16.5. The van der Waals surface area contributed by atoms with Crippen LogP contribution in [0.3, 0.4) is 0 Å². The van der Waals surface area contributed by atoms with Gasteiger partial charge in [0.1, 0.15) is 5.82 Å². The molecule has 1 aromatic heterocycles. The number of amides is 2. The number of carbonyl (C=O) groups excluding carboxylic acids is 2. The van der Waals surface area contributed by atoms with Gasteiger partial charge in [-0.15, -0.1) is 0 Å². The third kappa shape index (κ3) is 4.50. The number of carbonyl (C=O) groups is 2. The first-order chi connectivity index (χ1) is 15.1. The molecule has 7 heteroatoms. The first kappa shape index (κ1) is 20.8. The topological polar surface area (TPSA) is 67.2 Å². The summed E-state index contributed by atoms with van der Waals surface area (Å²) in [5.74, 6) is -0.931. The minimum absolute atomic E-state index is 0.0780. The van der Waals surface area contributed by atoms with Crippen LogP contribution in [-0.4, -0.2) is 28.1 Å². The maximum Gasteiger partial charge on any atom is 0.259 e. The van der Waals surface area contributed by atoms with Crippen LogP contribution >= 0.6 is 0 Å². The number of rotatable bonds is 7. The molecule has 0 bridgehead atoms. The lowest BCUT2D eigenvalue weighted by molar-refractivity contribution is -0.117. The summed E-state index contributed by atoms with van der Waals surface area (Å²) >= 11 is 0. The van der Waals surface area contributed by atoms with Gasteiger partial charge in [0.15, 0.2) is 0 Å². The maximum absolute atomic E-state index is 14.6. The third-order valence-electron chi connectivity index (χ3n) is 5.43. The number of anilines is 2. The van der Waals surface area contributed by atoms with E-state index in [1.54, 1.807) is 18.3 Å². The number of hydrogen-bond acceptors (Lipinski definition) is 3. The van der Waals surface area contributed by atoms with Gasteiger partial charge in [-0.3, -0.25) is 14.3 Å². The van der Waals surface area contributed by atoms with Crippen molar-refractivity contribution in [3.8, 4) is 0 Å². The Bertz CT molecular complexity index is 1090. The van der Waals surface area contributed by atoms with E-state index in [4.69, 9.17) is 0 Å². The van der Waals surface area contributed by atoms with Crippen LogP contribution in [0.5, 0.6) is 0 Å². The van der Waals surface area contributed by atoms with Gasteiger partial charge in [-0.05, 0) is 36.6 Å². The van der Waals surface area contributed by atoms with Crippen LogP contribution in [0.1, 0.15) is 47.8 Å². The Kier molecular flexibility index (Phi) is 6.11. The van der Waals surface area contributed by atoms with Gasteiger partial charge in [-0.25, -0.2) is 4.39 Å². The number of benzene rings is 2. The molecule has 3 aromatic rings. The molecule has 2 heterocycles.